The zero-order chi connectivity index (χ0) is 12.1. The van der Waals surface area contributed by atoms with Gasteiger partial charge < -0.3 is 9.84 Å². The van der Waals surface area contributed by atoms with Gasteiger partial charge in [-0.2, -0.15) is 0 Å². The standard InChI is InChI=1S/C14H30O2/c1-3-5-6-7-8-9-12-16-13-10-11-14(15)4-2/h14-15H,3-13H2,1-2H3. The largest absolute Gasteiger partial charge is 0.393 e. The Balaban J connectivity index is 2.93. The van der Waals surface area contributed by atoms with E-state index in [4.69, 9.17) is 4.74 Å². The summed E-state index contributed by atoms with van der Waals surface area (Å²) in [4.78, 5) is 0. The molecule has 0 fully saturated rings. The fourth-order valence-corrected chi connectivity index (χ4v) is 1.71. The van der Waals surface area contributed by atoms with Gasteiger partial charge in [-0.25, -0.2) is 0 Å². The van der Waals surface area contributed by atoms with Gasteiger partial charge in [-0.15, -0.1) is 0 Å². The number of ether oxygens (including phenoxy) is 1. The first-order chi connectivity index (χ1) is 7.81. The van der Waals surface area contributed by atoms with Gasteiger partial charge in [0, 0.05) is 13.2 Å². The van der Waals surface area contributed by atoms with E-state index in [-0.39, 0.29) is 6.10 Å². The highest BCUT2D eigenvalue weighted by molar-refractivity contribution is 4.51. The third-order valence-electron chi connectivity index (χ3n) is 2.94. The Morgan fingerprint density at radius 3 is 2.19 bits per heavy atom. The first-order valence-corrected chi connectivity index (χ1v) is 7.07. The molecule has 0 aliphatic carbocycles. The molecule has 0 saturated carbocycles. The summed E-state index contributed by atoms with van der Waals surface area (Å²) < 4.78 is 5.52. The van der Waals surface area contributed by atoms with E-state index in [1.54, 1.807) is 0 Å². The predicted octanol–water partition coefficient (Wildman–Crippen LogP) is 3.91. The summed E-state index contributed by atoms with van der Waals surface area (Å²) in [6.45, 7) is 5.97. The van der Waals surface area contributed by atoms with Crippen molar-refractivity contribution in [2.75, 3.05) is 13.2 Å². The van der Waals surface area contributed by atoms with E-state index in [0.717, 1.165) is 32.5 Å². The molecule has 0 aliphatic rings. The lowest BCUT2D eigenvalue weighted by Crippen LogP contribution is -2.06. The first kappa shape index (κ1) is 15.9. The fourth-order valence-electron chi connectivity index (χ4n) is 1.71. The molecule has 0 aromatic carbocycles. The molecule has 16 heavy (non-hydrogen) atoms. The van der Waals surface area contributed by atoms with Crippen molar-refractivity contribution < 1.29 is 9.84 Å². The number of unbranched alkanes of at least 4 members (excludes halogenated alkanes) is 5. The Labute approximate surface area is 101 Å². The topological polar surface area (TPSA) is 29.5 Å². The molecule has 0 rings (SSSR count). The molecule has 0 aromatic rings. The monoisotopic (exact) mass is 230 g/mol. The van der Waals surface area contributed by atoms with Gasteiger partial charge in [-0.3, -0.25) is 0 Å². The molecule has 0 aliphatic heterocycles. The van der Waals surface area contributed by atoms with Crippen LogP contribution in [0.5, 0.6) is 0 Å². The lowest BCUT2D eigenvalue weighted by atomic mass is 10.1. The second-order valence-corrected chi connectivity index (χ2v) is 4.58. The SMILES string of the molecule is CCCCCCCCOCCCC(O)CC. The van der Waals surface area contributed by atoms with Gasteiger partial charge in [0.05, 0.1) is 6.10 Å². The minimum Gasteiger partial charge on any atom is -0.393 e. The lowest BCUT2D eigenvalue weighted by molar-refractivity contribution is 0.103. The number of hydrogen-bond donors (Lipinski definition) is 1. The van der Waals surface area contributed by atoms with E-state index in [9.17, 15) is 5.11 Å². The molecule has 0 saturated heterocycles. The molecule has 0 heterocycles. The van der Waals surface area contributed by atoms with Gasteiger partial charge in [-0.05, 0) is 25.7 Å². The Morgan fingerprint density at radius 2 is 1.50 bits per heavy atom. The Hall–Kier alpha value is -0.0800. The summed E-state index contributed by atoms with van der Waals surface area (Å²) in [6, 6.07) is 0. The van der Waals surface area contributed by atoms with Crippen LogP contribution in [0.15, 0.2) is 0 Å². The van der Waals surface area contributed by atoms with Crippen molar-refractivity contribution in [3.63, 3.8) is 0 Å². The molecule has 0 radical (unpaired) electrons. The van der Waals surface area contributed by atoms with E-state index in [1.807, 2.05) is 6.92 Å². The highest BCUT2D eigenvalue weighted by Gasteiger charge is 1.99. The van der Waals surface area contributed by atoms with Crippen LogP contribution in [0.25, 0.3) is 0 Å². The fraction of sp³-hybridized carbons (Fsp3) is 1.00. The summed E-state index contributed by atoms with van der Waals surface area (Å²) >= 11 is 0. The average molecular weight is 230 g/mol. The van der Waals surface area contributed by atoms with Crippen molar-refractivity contribution in [2.45, 2.75) is 77.7 Å². The zero-order valence-electron chi connectivity index (χ0n) is 11.2. The number of aliphatic hydroxyl groups is 1. The maximum atomic E-state index is 9.33. The third-order valence-corrected chi connectivity index (χ3v) is 2.94. The van der Waals surface area contributed by atoms with Crippen LogP contribution in [0.3, 0.4) is 0 Å². The molecular weight excluding hydrogens is 200 g/mol. The van der Waals surface area contributed by atoms with E-state index in [1.165, 1.54) is 38.5 Å². The van der Waals surface area contributed by atoms with Crippen LogP contribution in [0.1, 0.15) is 71.6 Å². The molecule has 1 N–H and O–H groups in total. The van der Waals surface area contributed by atoms with Crippen molar-refractivity contribution in [1.29, 1.82) is 0 Å². The second kappa shape index (κ2) is 13.0. The van der Waals surface area contributed by atoms with E-state index in [0.29, 0.717) is 0 Å². The summed E-state index contributed by atoms with van der Waals surface area (Å²) in [7, 11) is 0. The van der Waals surface area contributed by atoms with E-state index >= 15 is 0 Å². The Kier molecular flexibility index (Phi) is 12.9. The highest BCUT2D eigenvalue weighted by Crippen LogP contribution is 2.05. The van der Waals surface area contributed by atoms with Gasteiger partial charge in [0.15, 0.2) is 0 Å². The Morgan fingerprint density at radius 1 is 0.875 bits per heavy atom. The van der Waals surface area contributed by atoms with E-state index in [2.05, 4.69) is 6.92 Å². The van der Waals surface area contributed by atoms with Gasteiger partial charge in [0.1, 0.15) is 0 Å². The lowest BCUT2D eigenvalue weighted by Gasteiger charge is -2.07. The van der Waals surface area contributed by atoms with Crippen LogP contribution in [0.2, 0.25) is 0 Å². The van der Waals surface area contributed by atoms with Gasteiger partial charge in [-0.1, -0.05) is 46.0 Å². The molecule has 0 spiro atoms. The molecule has 0 amide bonds. The molecule has 1 atom stereocenters. The van der Waals surface area contributed by atoms with Crippen LogP contribution in [-0.2, 0) is 4.74 Å². The number of rotatable bonds is 12. The molecular formula is C14H30O2. The maximum Gasteiger partial charge on any atom is 0.0538 e. The van der Waals surface area contributed by atoms with Crippen molar-refractivity contribution in [2.24, 2.45) is 0 Å². The number of hydrogen-bond acceptors (Lipinski definition) is 2. The van der Waals surface area contributed by atoms with Crippen molar-refractivity contribution >= 4 is 0 Å². The third kappa shape index (κ3) is 12.0. The number of aliphatic hydroxyl groups excluding tert-OH is 1. The quantitative estimate of drug-likeness (QED) is 0.515. The molecule has 0 aromatic heterocycles. The molecule has 0 bridgehead atoms. The second-order valence-electron chi connectivity index (χ2n) is 4.58. The van der Waals surface area contributed by atoms with Crippen molar-refractivity contribution in [3.05, 3.63) is 0 Å². The van der Waals surface area contributed by atoms with Gasteiger partial charge in [0.25, 0.3) is 0 Å². The van der Waals surface area contributed by atoms with Crippen LogP contribution in [-0.4, -0.2) is 24.4 Å². The van der Waals surface area contributed by atoms with E-state index < -0.39 is 0 Å². The molecule has 98 valence electrons. The Bertz CT molecular complexity index is 126. The molecule has 1 unspecified atom stereocenters. The van der Waals surface area contributed by atoms with Crippen LogP contribution >= 0.6 is 0 Å². The normalized spacial score (nSPS) is 12.9. The molecule has 2 nitrogen and oxygen atoms in total. The molecule has 2 heteroatoms. The highest BCUT2D eigenvalue weighted by atomic mass is 16.5. The van der Waals surface area contributed by atoms with Crippen molar-refractivity contribution in [1.82, 2.24) is 0 Å². The predicted molar refractivity (Wildman–Crippen MR) is 69.7 cm³/mol. The van der Waals surface area contributed by atoms with Crippen LogP contribution in [0.4, 0.5) is 0 Å². The van der Waals surface area contributed by atoms with Crippen LogP contribution < -0.4 is 0 Å². The summed E-state index contributed by atoms with van der Waals surface area (Å²) in [5.74, 6) is 0. The summed E-state index contributed by atoms with van der Waals surface area (Å²) in [5.41, 5.74) is 0. The van der Waals surface area contributed by atoms with Crippen molar-refractivity contribution in [3.8, 4) is 0 Å². The smallest absolute Gasteiger partial charge is 0.0538 e. The summed E-state index contributed by atoms with van der Waals surface area (Å²) in [5, 5.41) is 9.33. The van der Waals surface area contributed by atoms with Gasteiger partial charge in [0.2, 0.25) is 0 Å². The average Bonchev–Trinajstić information content (AvgIpc) is 2.31. The minimum atomic E-state index is -0.127. The minimum absolute atomic E-state index is 0.127. The zero-order valence-corrected chi connectivity index (χ0v) is 11.2. The van der Waals surface area contributed by atoms with Gasteiger partial charge >= 0.3 is 0 Å². The maximum absolute atomic E-state index is 9.33. The summed E-state index contributed by atoms with van der Waals surface area (Å²) in [6.07, 6.45) is 10.5. The van der Waals surface area contributed by atoms with Crippen LogP contribution in [0, 0.1) is 0 Å². The first-order valence-electron chi connectivity index (χ1n) is 7.07.